The zero-order chi connectivity index (χ0) is 24.6. The smallest absolute Gasteiger partial charge is 0.333 e. The molecule has 5 rings (SSSR count). The highest BCUT2D eigenvalue weighted by Gasteiger charge is 2.30. The van der Waals surface area contributed by atoms with E-state index in [4.69, 9.17) is 4.52 Å². The number of benzene rings is 2. The predicted molar refractivity (Wildman–Crippen MR) is 118 cm³/mol. The second-order valence-electron chi connectivity index (χ2n) is 7.47. The van der Waals surface area contributed by atoms with Gasteiger partial charge in [0.25, 0.3) is 5.89 Å². The Bertz CT molecular complexity index is 1590. The summed E-state index contributed by atoms with van der Waals surface area (Å²) in [4.78, 5) is 29.6. The van der Waals surface area contributed by atoms with Crippen LogP contribution in [-0.2, 0) is 17.5 Å². The first-order valence-corrected chi connectivity index (χ1v) is 10.2. The summed E-state index contributed by atoms with van der Waals surface area (Å²) in [6, 6.07) is 16.6. The van der Waals surface area contributed by atoms with Crippen molar-refractivity contribution >= 4 is 17.2 Å². The van der Waals surface area contributed by atoms with Gasteiger partial charge in [0.2, 0.25) is 11.7 Å². The highest BCUT2D eigenvalue weighted by Crippen LogP contribution is 2.30. The highest BCUT2D eigenvalue weighted by atomic mass is 19.4. The van der Waals surface area contributed by atoms with Gasteiger partial charge in [-0.3, -0.25) is 4.79 Å². The molecule has 0 saturated heterocycles. The van der Waals surface area contributed by atoms with E-state index in [0.717, 1.165) is 22.4 Å². The third-order valence-electron chi connectivity index (χ3n) is 5.06. The van der Waals surface area contributed by atoms with Crippen molar-refractivity contribution in [3.8, 4) is 22.8 Å². The van der Waals surface area contributed by atoms with Gasteiger partial charge in [-0.2, -0.15) is 18.2 Å². The maximum Gasteiger partial charge on any atom is 0.416 e. The van der Waals surface area contributed by atoms with Gasteiger partial charge < -0.3 is 9.84 Å². The van der Waals surface area contributed by atoms with Crippen LogP contribution in [0.4, 0.5) is 18.9 Å². The number of aromatic nitrogens is 5. The summed E-state index contributed by atoms with van der Waals surface area (Å²) < 4.78 is 46.2. The number of carbonyl (C=O) groups is 1. The van der Waals surface area contributed by atoms with Crippen LogP contribution in [0.2, 0.25) is 0 Å². The Kier molecular flexibility index (Phi) is 5.40. The summed E-state index contributed by atoms with van der Waals surface area (Å²) in [6.07, 6.45) is -3.09. The normalized spacial score (nSPS) is 11.6. The van der Waals surface area contributed by atoms with Crippen LogP contribution < -0.4 is 11.0 Å². The number of anilines is 1. The fourth-order valence-electron chi connectivity index (χ4n) is 3.46. The summed E-state index contributed by atoms with van der Waals surface area (Å²) in [7, 11) is 0. The van der Waals surface area contributed by atoms with Crippen LogP contribution in [0.3, 0.4) is 0 Å². The molecule has 0 aliphatic heterocycles. The van der Waals surface area contributed by atoms with Crippen LogP contribution in [-0.4, -0.2) is 30.2 Å². The molecule has 3 heterocycles. The van der Waals surface area contributed by atoms with Crippen LogP contribution >= 0.6 is 0 Å². The lowest BCUT2D eigenvalue weighted by molar-refractivity contribution is -0.137. The zero-order valence-electron chi connectivity index (χ0n) is 17.7. The third kappa shape index (κ3) is 4.40. The molecule has 9 nitrogen and oxygen atoms in total. The van der Waals surface area contributed by atoms with E-state index < -0.39 is 29.9 Å². The molecule has 0 radical (unpaired) electrons. The molecule has 0 unspecified atom stereocenters. The molecule has 0 atom stereocenters. The number of alkyl halides is 3. The minimum absolute atomic E-state index is 0.0540. The number of carbonyl (C=O) groups excluding carboxylic acids is 1. The molecule has 12 heteroatoms. The molecule has 35 heavy (non-hydrogen) atoms. The number of halogens is 3. The van der Waals surface area contributed by atoms with Gasteiger partial charge in [0.05, 0.1) is 11.1 Å². The molecule has 5 aromatic rings. The molecule has 176 valence electrons. The van der Waals surface area contributed by atoms with Crippen molar-refractivity contribution in [3.63, 3.8) is 0 Å². The number of nitrogens with zero attached hydrogens (tertiary/aromatic N) is 5. The molecule has 0 fully saturated rings. The lowest BCUT2D eigenvalue weighted by atomic mass is 10.2. The van der Waals surface area contributed by atoms with Crippen LogP contribution in [0.15, 0.2) is 82.2 Å². The average molecular weight is 480 g/mol. The lowest BCUT2D eigenvalue weighted by Gasteiger charge is -2.09. The average Bonchev–Trinajstić information content (AvgIpc) is 3.45. The predicted octanol–water partition coefficient (Wildman–Crippen LogP) is 3.87. The van der Waals surface area contributed by atoms with Crippen LogP contribution in [0.5, 0.6) is 0 Å². The molecule has 1 N–H and O–H groups in total. The minimum Gasteiger partial charge on any atom is -0.333 e. The monoisotopic (exact) mass is 480 g/mol. The Labute approximate surface area is 194 Å². The van der Waals surface area contributed by atoms with Gasteiger partial charge in [0, 0.05) is 17.4 Å². The van der Waals surface area contributed by atoms with Gasteiger partial charge in [-0.1, -0.05) is 41.6 Å². The van der Waals surface area contributed by atoms with Gasteiger partial charge in [-0.15, -0.1) is 5.10 Å². The standard InChI is InChI=1S/C23H15F3N6O3/c24-23(25,26)15-8-4-9-16(12-15)27-18(33)13-32-22(34)31-11-5-10-17(20(31)29-32)21-28-19(30-35-21)14-6-2-1-3-7-14/h1-12H,13H2,(H,27,33). The van der Waals surface area contributed by atoms with E-state index in [2.05, 4.69) is 20.6 Å². The summed E-state index contributed by atoms with van der Waals surface area (Å²) in [5.41, 5.74) is -0.294. The van der Waals surface area contributed by atoms with Gasteiger partial charge >= 0.3 is 11.9 Å². The van der Waals surface area contributed by atoms with Gasteiger partial charge in [0.1, 0.15) is 6.54 Å². The molecular formula is C23H15F3N6O3. The lowest BCUT2D eigenvalue weighted by Crippen LogP contribution is -2.28. The van der Waals surface area contributed by atoms with Crippen molar-refractivity contribution in [2.24, 2.45) is 0 Å². The maximum absolute atomic E-state index is 12.9. The first-order valence-electron chi connectivity index (χ1n) is 10.2. The topological polar surface area (TPSA) is 107 Å². The Morgan fingerprint density at radius 2 is 1.83 bits per heavy atom. The molecule has 0 aliphatic carbocycles. The quantitative estimate of drug-likeness (QED) is 0.409. The number of rotatable bonds is 5. The fourth-order valence-corrected chi connectivity index (χ4v) is 3.46. The molecule has 2 aromatic carbocycles. The van der Waals surface area contributed by atoms with E-state index >= 15 is 0 Å². The van der Waals surface area contributed by atoms with Crippen LogP contribution in [0.25, 0.3) is 28.5 Å². The number of fused-ring (bicyclic) bond motifs is 1. The number of amides is 1. The van der Waals surface area contributed by atoms with Crippen LogP contribution in [0, 0.1) is 0 Å². The van der Waals surface area contributed by atoms with Crippen molar-refractivity contribution in [2.45, 2.75) is 12.7 Å². The molecule has 0 spiro atoms. The second-order valence-corrected chi connectivity index (χ2v) is 7.47. The first kappa shape index (κ1) is 22.1. The number of pyridine rings is 1. The zero-order valence-corrected chi connectivity index (χ0v) is 17.7. The Hall–Kier alpha value is -4.74. The summed E-state index contributed by atoms with van der Waals surface area (Å²) in [5, 5.41) is 10.5. The Morgan fingerprint density at radius 3 is 2.60 bits per heavy atom. The van der Waals surface area contributed by atoms with Gasteiger partial charge in [0.15, 0.2) is 5.65 Å². The van der Waals surface area contributed by atoms with Crippen molar-refractivity contribution in [1.29, 1.82) is 0 Å². The number of hydrogen-bond donors (Lipinski definition) is 1. The Balaban J connectivity index is 1.42. The van der Waals surface area contributed by atoms with Gasteiger partial charge in [-0.05, 0) is 30.3 Å². The van der Waals surface area contributed by atoms with Crippen molar-refractivity contribution in [2.75, 3.05) is 5.32 Å². The maximum atomic E-state index is 12.9. The molecule has 0 bridgehead atoms. The third-order valence-corrected chi connectivity index (χ3v) is 5.06. The highest BCUT2D eigenvalue weighted by molar-refractivity contribution is 5.90. The van der Waals surface area contributed by atoms with E-state index in [9.17, 15) is 22.8 Å². The minimum atomic E-state index is -4.55. The molecule has 3 aromatic heterocycles. The van der Waals surface area contributed by atoms with E-state index in [1.165, 1.54) is 22.7 Å². The summed E-state index contributed by atoms with van der Waals surface area (Å²) in [6.45, 7) is -0.519. The van der Waals surface area contributed by atoms with E-state index in [0.29, 0.717) is 11.4 Å². The van der Waals surface area contributed by atoms with Gasteiger partial charge in [-0.25, -0.2) is 13.9 Å². The molecular weight excluding hydrogens is 465 g/mol. The fraction of sp³-hybridized carbons (Fsp3) is 0.0870. The van der Waals surface area contributed by atoms with E-state index in [1.807, 2.05) is 30.3 Å². The second kappa shape index (κ2) is 8.56. The summed E-state index contributed by atoms with van der Waals surface area (Å²) >= 11 is 0. The number of hydrogen-bond acceptors (Lipinski definition) is 6. The largest absolute Gasteiger partial charge is 0.416 e. The van der Waals surface area contributed by atoms with E-state index in [-0.39, 0.29) is 17.2 Å². The molecule has 0 aliphatic rings. The molecule has 1 amide bonds. The van der Waals surface area contributed by atoms with Crippen molar-refractivity contribution < 1.29 is 22.5 Å². The van der Waals surface area contributed by atoms with Crippen molar-refractivity contribution in [3.05, 3.63) is 89.0 Å². The SMILES string of the molecule is O=C(Cn1nc2c(-c3nc(-c4ccccc4)no3)cccn2c1=O)Nc1cccc(C(F)(F)F)c1. The van der Waals surface area contributed by atoms with E-state index in [1.54, 1.807) is 12.1 Å². The van der Waals surface area contributed by atoms with Crippen LogP contribution in [0.1, 0.15) is 5.56 Å². The van der Waals surface area contributed by atoms with Crippen molar-refractivity contribution in [1.82, 2.24) is 24.3 Å². The summed E-state index contributed by atoms with van der Waals surface area (Å²) in [5.74, 6) is -0.245. The first-order chi connectivity index (χ1) is 16.8. The Morgan fingerprint density at radius 1 is 1.03 bits per heavy atom. The number of nitrogens with one attached hydrogen (secondary N) is 1. The molecule has 0 saturated carbocycles.